The third kappa shape index (κ3) is 5.18. The Labute approximate surface area is 234 Å². The number of carbonyl (C=O) groups is 2. The van der Waals surface area contributed by atoms with Crippen LogP contribution < -0.4 is 5.32 Å². The summed E-state index contributed by atoms with van der Waals surface area (Å²) < 4.78 is 13.7. The van der Waals surface area contributed by atoms with E-state index in [4.69, 9.17) is 0 Å². The van der Waals surface area contributed by atoms with E-state index < -0.39 is 0 Å². The standard InChI is InChI=1S/C33H35FN4O2/c1-22(36-31(39)26-15-27(19-35-18-26)32(40)38-13-3-4-14-38)23-5-7-24(8-6-23)30(25-9-11-29(34)12-10-25)28-16-33(17-28)20-37(2)21-33/h5-12,15,18-19,22H,3-4,13-14,16-17,20-21H2,1-2H3,(H,36,39)/t22-/m1/s1. The largest absolute Gasteiger partial charge is 0.345 e. The van der Waals surface area contributed by atoms with Gasteiger partial charge in [0.25, 0.3) is 11.8 Å². The quantitative estimate of drug-likeness (QED) is 0.452. The number of allylic oxidation sites excluding steroid dienone is 1. The Kier molecular flexibility index (Phi) is 7.00. The monoisotopic (exact) mass is 538 g/mol. The van der Waals surface area contributed by atoms with Crippen LogP contribution >= 0.6 is 0 Å². The first-order valence-electron chi connectivity index (χ1n) is 14.1. The molecule has 2 saturated heterocycles. The minimum Gasteiger partial charge on any atom is -0.345 e. The van der Waals surface area contributed by atoms with Gasteiger partial charge in [-0.05, 0) is 80.1 Å². The molecule has 3 aliphatic rings. The average molecular weight is 539 g/mol. The van der Waals surface area contributed by atoms with E-state index in [2.05, 4.69) is 34.4 Å². The van der Waals surface area contributed by atoms with Crippen LogP contribution in [0.1, 0.15) is 76.1 Å². The summed E-state index contributed by atoms with van der Waals surface area (Å²) in [5, 5.41) is 3.05. The van der Waals surface area contributed by atoms with Gasteiger partial charge in [-0.2, -0.15) is 0 Å². The maximum atomic E-state index is 13.7. The number of benzene rings is 2. The minimum absolute atomic E-state index is 0.0731. The lowest BCUT2D eigenvalue weighted by atomic mass is 9.59. The van der Waals surface area contributed by atoms with E-state index in [9.17, 15) is 14.0 Å². The van der Waals surface area contributed by atoms with Crippen LogP contribution in [0.2, 0.25) is 0 Å². The molecule has 3 fully saturated rings. The van der Waals surface area contributed by atoms with Crippen molar-refractivity contribution in [2.24, 2.45) is 5.41 Å². The number of aromatic nitrogens is 1. The van der Waals surface area contributed by atoms with Gasteiger partial charge in [-0.3, -0.25) is 14.6 Å². The molecule has 3 heterocycles. The lowest BCUT2D eigenvalue weighted by molar-refractivity contribution is -0.0106. The van der Waals surface area contributed by atoms with Gasteiger partial charge >= 0.3 is 0 Å². The Morgan fingerprint density at radius 2 is 1.50 bits per heavy atom. The zero-order valence-electron chi connectivity index (χ0n) is 23.1. The van der Waals surface area contributed by atoms with Gasteiger partial charge in [0.15, 0.2) is 0 Å². The zero-order valence-corrected chi connectivity index (χ0v) is 23.1. The van der Waals surface area contributed by atoms with Gasteiger partial charge in [0.2, 0.25) is 0 Å². The van der Waals surface area contributed by atoms with Crippen molar-refractivity contribution in [3.8, 4) is 0 Å². The van der Waals surface area contributed by atoms with Crippen LogP contribution in [-0.4, -0.2) is 59.8 Å². The molecule has 1 saturated carbocycles. The van der Waals surface area contributed by atoms with Crippen molar-refractivity contribution in [3.63, 3.8) is 0 Å². The van der Waals surface area contributed by atoms with E-state index in [1.807, 2.05) is 36.1 Å². The number of likely N-dealkylation sites (tertiary alicyclic amines) is 2. The van der Waals surface area contributed by atoms with Crippen molar-refractivity contribution in [1.29, 1.82) is 0 Å². The summed E-state index contributed by atoms with van der Waals surface area (Å²) in [6, 6.07) is 16.4. The number of nitrogens with one attached hydrogen (secondary N) is 1. The van der Waals surface area contributed by atoms with Crippen LogP contribution in [0.4, 0.5) is 4.39 Å². The Bertz CT molecular complexity index is 1440. The number of hydrogen-bond donors (Lipinski definition) is 1. The van der Waals surface area contributed by atoms with E-state index in [0.29, 0.717) is 16.5 Å². The van der Waals surface area contributed by atoms with Gasteiger partial charge in [-0.25, -0.2) is 4.39 Å². The number of pyridine rings is 1. The van der Waals surface area contributed by atoms with E-state index >= 15 is 0 Å². The van der Waals surface area contributed by atoms with E-state index in [0.717, 1.165) is 68.6 Å². The minimum atomic E-state index is -0.264. The van der Waals surface area contributed by atoms with Crippen molar-refractivity contribution in [2.45, 2.75) is 38.6 Å². The average Bonchev–Trinajstić information content (AvgIpc) is 3.47. The topological polar surface area (TPSA) is 65.5 Å². The number of carbonyl (C=O) groups excluding carboxylic acids is 2. The van der Waals surface area contributed by atoms with E-state index in [-0.39, 0.29) is 23.7 Å². The fourth-order valence-electron chi connectivity index (χ4n) is 6.63. The number of nitrogens with zero attached hydrogens (tertiary/aromatic N) is 3. The second-order valence-electron chi connectivity index (χ2n) is 11.8. The maximum absolute atomic E-state index is 13.7. The van der Waals surface area contributed by atoms with Crippen LogP contribution in [0.5, 0.6) is 0 Å². The van der Waals surface area contributed by atoms with Gasteiger partial charge in [0.1, 0.15) is 5.82 Å². The molecule has 40 heavy (non-hydrogen) atoms. The summed E-state index contributed by atoms with van der Waals surface area (Å²) in [7, 11) is 2.16. The lowest BCUT2D eigenvalue weighted by Gasteiger charge is -2.56. The van der Waals surface area contributed by atoms with Gasteiger partial charge in [-0.1, -0.05) is 42.0 Å². The Morgan fingerprint density at radius 3 is 2.12 bits per heavy atom. The maximum Gasteiger partial charge on any atom is 0.255 e. The van der Waals surface area contributed by atoms with Crippen LogP contribution in [0, 0.1) is 11.2 Å². The molecule has 1 aromatic heterocycles. The summed E-state index contributed by atoms with van der Waals surface area (Å²) in [5.74, 6) is -0.574. The molecule has 2 amide bonds. The van der Waals surface area contributed by atoms with E-state index in [1.54, 1.807) is 6.07 Å². The van der Waals surface area contributed by atoms with Crippen LogP contribution in [-0.2, 0) is 0 Å². The molecule has 0 radical (unpaired) electrons. The Morgan fingerprint density at radius 1 is 0.900 bits per heavy atom. The Balaban J connectivity index is 1.17. The van der Waals surface area contributed by atoms with Crippen molar-refractivity contribution in [1.82, 2.24) is 20.1 Å². The molecule has 2 aromatic carbocycles. The highest BCUT2D eigenvalue weighted by Crippen LogP contribution is 2.54. The van der Waals surface area contributed by atoms with Crippen LogP contribution in [0.25, 0.3) is 5.57 Å². The van der Waals surface area contributed by atoms with Gasteiger partial charge in [-0.15, -0.1) is 0 Å². The van der Waals surface area contributed by atoms with Crippen molar-refractivity contribution >= 4 is 17.4 Å². The number of rotatable bonds is 6. The first-order valence-corrected chi connectivity index (χ1v) is 14.1. The summed E-state index contributed by atoms with van der Waals surface area (Å²) in [6.45, 7) is 5.71. The second-order valence-corrected chi connectivity index (χ2v) is 11.8. The summed E-state index contributed by atoms with van der Waals surface area (Å²) in [5.41, 5.74) is 6.94. The molecular weight excluding hydrogens is 503 g/mol. The van der Waals surface area contributed by atoms with Gasteiger partial charge in [0.05, 0.1) is 17.2 Å². The predicted molar refractivity (Wildman–Crippen MR) is 153 cm³/mol. The number of amides is 2. The third-order valence-electron chi connectivity index (χ3n) is 8.56. The lowest BCUT2D eigenvalue weighted by Crippen LogP contribution is -2.58. The normalized spacial score (nSPS) is 18.7. The van der Waals surface area contributed by atoms with E-state index in [1.165, 1.54) is 35.7 Å². The molecule has 7 heteroatoms. The smallest absolute Gasteiger partial charge is 0.255 e. The van der Waals surface area contributed by atoms with Crippen molar-refractivity contribution < 1.29 is 14.0 Å². The SMILES string of the molecule is C[C@@H](NC(=O)c1cncc(C(=O)N2CCCC2)c1)c1ccc(C(=C2CC3(C2)CN(C)C3)c2ccc(F)cc2)cc1. The van der Waals surface area contributed by atoms with Crippen molar-refractivity contribution in [3.05, 3.63) is 106 Å². The predicted octanol–water partition coefficient (Wildman–Crippen LogP) is 5.48. The molecule has 1 atom stereocenters. The highest BCUT2D eigenvalue weighted by Gasteiger charge is 2.49. The second kappa shape index (κ2) is 10.6. The molecule has 0 bridgehead atoms. The fourth-order valence-corrected chi connectivity index (χ4v) is 6.63. The molecule has 1 N–H and O–H groups in total. The number of halogens is 1. The third-order valence-corrected chi connectivity index (χ3v) is 8.56. The first kappa shape index (κ1) is 26.4. The summed E-state index contributed by atoms with van der Waals surface area (Å²) >= 11 is 0. The fraction of sp³-hybridized carbons (Fsp3) is 0.364. The summed E-state index contributed by atoms with van der Waals surface area (Å²) in [6.07, 6.45) is 7.20. The first-order chi connectivity index (χ1) is 19.3. The molecule has 6 rings (SSSR count). The molecule has 1 aliphatic carbocycles. The number of hydrogen-bond acceptors (Lipinski definition) is 4. The molecule has 206 valence electrons. The molecular formula is C33H35FN4O2. The molecule has 6 nitrogen and oxygen atoms in total. The molecule has 2 aliphatic heterocycles. The molecule has 3 aromatic rings. The van der Waals surface area contributed by atoms with Gasteiger partial charge in [0, 0.05) is 44.0 Å². The summed E-state index contributed by atoms with van der Waals surface area (Å²) in [4.78, 5) is 34.1. The van der Waals surface area contributed by atoms with Gasteiger partial charge < -0.3 is 15.1 Å². The van der Waals surface area contributed by atoms with Crippen LogP contribution in [0.15, 0.2) is 72.6 Å². The molecule has 0 unspecified atom stereocenters. The Hall–Kier alpha value is -3.84. The zero-order chi connectivity index (χ0) is 27.9. The van der Waals surface area contributed by atoms with Crippen LogP contribution in [0.3, 0.4) is 0 Å². The highest BCUT2D eigenvalue weighted by atomic mass is 19.1. The van der Waals surface area contributed by atoms with Crippen molar-refractivity contribution in [2.75, 3.05) is 33.2 Å². The molecule has 1 spiro atoms. The highest BCUT2D eigenvalue weighted by molar-refractivity contribution is 5.99.